The molecule has 1 heterocycles. The highest BCUT2D eigenvalue weighted by Crippen LogP contribution is 2.18. The van der Waals surface area contributed by atoms with Crippen LogP contribution in [0, 0.1) is 13.8 Å². The molecule has 0 fully saturated rings. The van der Waals surface area contributed by atoms with Gasteiger partial charge in [-0.3, -0.25) is 9.59 Å². The molecule has 0 aliphatic rings. The molecule has 0 aliphatic carbocycles. The standard InChI is InChI=1S/C22H29N3O5S/c1-5-28-17-6-8-18(9-7-17)29-13-12-23-20(26)14-30-21(27)11-10-19-15(2)24-22(31-4)25-16(19)3/h6-9H,5,10-14H2,1-4H3,(H,23,26). The average Bonchev–Trinajstić information content (AvgIpc) is 2.75. The number of carbonyl (C=O) groups excluding carboxylic acids is 2. The van der Waals surface area contributed by atoms with E-state index in [1.54, 1.807) is 12.1 Å². The molecule has 0 saturated heterocycles. The Morgan fingerprint density at radius 2 is 1.65 bits per heavy atom. The van der Waals surface area contributed by atoms with Gasteiger partial charge in [0.05, 0.1) is 13.2 Å². The molecule has 0 spiro atoms. The highest BCUT2D eigenvalue weighted by molar-refractivity contribution is 7.98. The van der Waals surface area contributed by atoms with E-state index in [4.69, 9.17) is 14.2 Å². The maximum atomic E-state index is 12.0. The minimum atomic E-state index is -0.437. The number of thioether (sulfide) groups is 1. The van der Waals surface area contributed by atoms with Gasteiger partial charge >= 0.3 is 5.97 Å². The fourth-order valence-electron chi connectivity index (χ4n) is 2.82. The predicted octanol–water partition coefficient (Wildman–Crippen LogP) is 2.89. The van der Waals surface area contributed by atoms with Crippen molar-refractivity contribution >= 4 is 23.6 Å². The summed E-state index contributed by atoms with van der Waals surface area (Å²) in [4.78, 5) is 32.6. The van der Waals surface area contributed by atoms with E-state index in [0.29, 0.717) is 37.1 Å². The SMILES string of the molecule is CCOc1ccc(OCCNC(=O)COC(=O)CCc2c(C)nc(SC)nc2C)cc1. The first-order valence-corrected chi connectivity index (χ1v) is 11.3. The van der Waals surface area contributed by atoms with Crippen LogP contribution in [0.15, 0.2) is 29.4 Å². The molecule has 2 aromatic rings. The van der Waals surface area contributed by atoms with Crippen LogP contribution >= 0.6 is 11.8 Å². The van der Waals surface area contributed by atoms with Gasteiger partial charge in [0.15, 0.2) is 11.8 Å². The fourth-order valence-corrected chi connectivity index (χ4v) is 3.27. The Hall–Kier alpha value is -2.81. The van der Waals surface area contributed by atoms with Crippen molar-refractivity contribution in [3.05, 3.63) is 41.2 Å². The molecule has 0 aliphatic heterocycles. The minimum absolute atomic E-state index is 0.164. The van der Waals surface area contributed by atoms with Crippen molar-refractivity contribution in [2.24, 2.45) is 0 Å². The molecule has 1 aromatic heterocycles. The van der Waals surface area contributed by atoms with E-state index in [1.165, 1.54) is 11.8 Å². The molecule has 2 rings (SSSR count). The number of benzene rings is 1. The molecule has 168 valence electrons. The number of esters is 1. The lowest BCUT2D eigenvalue weighted by atomic mass is 10.1. The molecule has 0 saturated carbocycles. The molecule has 31 heavy (non-hydrogen) atoms. The Morgan fingerprint density at radius 1 is 1.03 bits per heavy atom. The molecule has 0 unspecified atom stereocenters. The van der Waals surface area contributed by atoms with Crippen LogP contribution in [-0.4, -0.2) is 54.5 Å². The number of carbonyl (C=O) groups is 2. The van der Waals surface area contributed by atoms with E-state index in [-0.39, 0.29) is 18.9 Å². The van der Waals surface area contributed by atoms with Crippen molar-refractivity contribution < 1.29 is 23.8 Å². The second-order valence-corrected chi connectivity index (χ2v) is 7.40. The van der Waals surface area contributed by atoms with E-state index in [1.807, 2.05) is 39.2 Å². The number of hydrogen-bond acceptors (Lipinski definition) is 8. The number of aryl methyl sites for hydroxylation is 2. The first kappa shape index (κ1) is 24.5. The summed E-state index contributed by atoms with van der Waals surface area (Å²) in [6.45, 7) is 6.62. The van der Waals surface area contributed by atoms with Gasteiger partial charge in [0.2, 0.25) is 0 Å². The van der Waals surface area contributed by atoms with Crippen molar-refractivity contribution in [2.45, 2.75) is 38.8 Å². The second-order valence-electron chi connectivity index (χ2n) is 6.62. The smallest absolute Gasteiger partial charge is 0.306 e. The topological polar surface area (TPSA) is 99.6 Å². The number of amides is 1. The number of rotatable bonds is 12. The minimum Gasteiger partial charge on any atom is -0.494 e. The van der Waals surface area contributed by atoms with Crippen molar-refractivity contribution in [3.8, 4) is 11.5 Å². The zero-order chi connectivity index (χ0) is 22.6. The summed E-state index contributed by atoms with van der Waals surface area (Å²) in [6, 6.07) is 7.25. The van der Waals surface area contributed by atoms with E-state index in [9.17, 15) is 9.59 Å². The maximum Gasteiger partial charge on any atom is 0.306 e. The molecule has 9 heteroatoms. The van der Waals surface area contributed by atoms with Gasteiger partial charge in [0.1, 0.15) is 18.1 Å². The second kappa shape index (κ2) is 12.8. The van der Waals surface area contributed by atoms with E-state index < -0.39 is 5.97 Å². The van der Waals surface area contributed by atoms with Crippen molar-refractivity contribution in [1.29, 1.82) is 0 Å². The van der Waals surface area contributed by atoms with Crippen LogP contribution in [-0.2, 0) is 20.7 Å². The van der Waals surface area contributed by atoms with Crippen LogP contribution in [0.25, 0.3) is 0 Å². The molecule has 0 atom stereocenters. The highest BCUT2D eigenvalue weighted by atomic mass is 32.2. The third-order valence-corrected chi connectivity index (χ3v) is 4.90. The van der Waals surface area contributed by atoms with E-state index >= 15 is 0 Å². The summed E-state index contributed by atoms with van der Waals surface area (Å²) in [7, 11) is 0. The van der Waals surface area contributed by atoms with Crippen LogP contribution in [0.2, 0.25) is 0 Å². The van der Waals surface area contributed by atoms with Crippen molar-refractivity contribution in [3.63, 3.8) is 0 Å². The zero-order valence-corrected chi connectivity index (χ0v) is 19.2. The van der Waals surface area contributed by atoms with E-state index in [2.05, 4.69) is 15.3 Å². The van der Waals surface area contributed by atoms with Crippen molar-refractivity contribution in [2.75, 3.05) is 32.6 Å². The monoisotopic (exact) mass is 447 g/mol. The van der Waals surface area contributed by atoms with Crippen molar-refractivity contribution in [1.82, 2.24) is 15.3 Å². The van der Waals surface area contributed by atoms with Gasteiger partial charge in [-0.05, 0) is 63.3 Å². The summed E-state index contributed by atoms with van der Waals surface area (Å²) in [6.07, 6.45) is 2.56. The Morgan fingerprint density at radius 3 is 2.23 bits per heavy atom. The largest absolute Gasteiger partial charge is 0.494 e. The number of hydrogen-bond donors (Lipinski definition) is 1. The lowest BCUT2D eigenvalue weighted by molar-refractivity contribution is -0.148. The Kier molecular flexibility index (Phi) is 10.1. The molecular weight excluding hydrogens is 418 g/mol. The molecule has 8 nitrogen and oxygen atoms in total. The Labute approximate surface area is 187 Å². The summed E-state index contributed by atoms with van der Waals surface area (Å²) < 4.78 is 16.0. The maximum absolute atomic E-state index is 12.0. The van der Waals surface area contributed by atoms with Crippen LogP contribution in [0.3, 0.4) is 0 Å². The lowest BCUT2D eigenvalue weighted by Crippen LogP contribution is -2.32. The number of nitrogens with zero attached hydrogens (tertiary/aromatic N) is 2. The third-order valence-electron chi connectivity index (χ3n) is 4.35. The zero-order valence-electron chi connectivity index (χ0n) is 18.4. The van der Waals surface area contributed by atoms with Crippen LogP contribution in [0.5, 0.6) is 11.5 Å². The molecule has 1 N–H and O–H groups in total. The van der Waals surface area contributed by atoms with Gasteiger partial charge in [-0.2, -0.15) is 0 Å². The molecule has 0 bridgehead atoms. The van der Waals surface area contributed by atoms with E-state index in [0.717, 1.165) is 22.7 Å². The highest BCUT2D eigenvalue weighted by Gasteiger charge is 2.12. The summed E-state index contributed by atoms with van der Waals surface area (Å²) in [5.74, 6) is 0.654. The fraction of sp³-hybridized carbons (Fsp3) is 0.455. The summed E-state index contributed by atoms with van der Waals surface area (Å²) in [5, 5.41) is 3.37. The van der Waals surface area contributed by atoms with Gasteiger partial charge in [0.25, 0.3) is 5.91 Å². The normalized spacial score (nSPS) is 10.5. The third kappa shape index (κ3) is 8.45. The first-order valence-electron chi connectivity index (χ1n) is 10.1. The Bertz CT molecular complexity index is 851. The number of ether oxygens (including phenoxy) is 3. The molecule has 1 amide bonds. The average molecular weight is 448 g/mol. The van der Waals surface area contributed by atoms with Gasteiger partial charge in [-0.25, -0.2) is 9.97 Å². The van der Waals surface area contributed by atoms with Gasteiger partial charge in [-0.15, -0.1) is 0 Å². The van der Waals surface area contributed by atoms with Crippen LogP contribution in [0.1, 0.15) is 30.3 Å². The van der Waals surface area contributed by atoms with Gasteiger partial charge in [-0.1, -0.05) is 11.8 Å². The van der Waals surface area contributed by atoms with Crippen LogP contribution in [0.4, 0.5) is 0 Å². The molecule has 1 aromatic carbocycles. The van der Waals surface area contributed by atoms with Gasteiger partial charge in [0, 0.05) is 17.8 Å². The molecular formula is C22H29N3O5S. The summed E-state index contributed by atoms with van der Waals surface area (Å²) in [5.41, 5.74) is 2.65. The first-order chi connectivity index (χ1) is 14.9. The van der Waals surface area contributed by atoms with Gasteiger partial charge < -0.3 is 19.5 Å². The number of aromatic nitrogens is 2. The quantitative estimate of drug-likeness (QED) is 0.229. The predicted molar refractivity (Wildman–Crippen MR) is 119 cm³/mol. The summed E-state index contributed by atoms with van der Waals surface area (Å²) >= 11 is 1.48. The lowest BCUT2D eigenvalue weighted by Gasteiger charge is -2.10. The number of nitrogens with one attached hydrogen (secondary N) is 1. The molecule has 0 radical (unpaired) electrons. The Balaban J connectivity index is 1.63. The van der Waals surface area contributed by atoms with Crippen LogP contribution < -0.4 is 14.8 Å².